The number of guanidine groups is 1. The minimum atomic E-state index is -2.94. The summed E-state index contributed by atoms with van der Waals surface area (Å²) in [6, 6.07) is 0. The molecule has 0 aromatic rings. The minimum absolute atomic E-state index is 0. The van der Waals surface area contributed by atoms with Crippen LogP contribution in [0.3, 0.4) is 0 Å². The van der Waals surface area contributed by atoms with Gasteiger partial charge in [-0.1, -0.05) is 0 Å². The van der Waals surface area contributed by atoms with Crippen LogP contribution in [0.4, 0.5) is 0 Å². The maximum absolute atomic E-state index is 11.5. The zero-order valence-corrected chi connectivity index (χ0v) is 17.5. The molecule has 0 bridgehead atoms. The Labute approximate surface area is 157 Å². The quantitative estimate of drug-likeness (QED) is 0.354. The molecule has 0 aromatic carbocycles. The molecule has 8 heteroatoms. The molecular formula is C15H30IN3O3S. The molecular weight excluding hydrogens is 429 g/mol. The topological polar surface area (TPSA) is 71.0 Å². The number of hydrogen-bond donors (Lipinski definition) is 1. The van der Waals surface area contributed by atoms with Gasteiger partial charge in [-0.3, -0.25) is 4.99 Å². The summed E-state index contributed by atoms with van der Waals surface area (Å²) in [5.74, 6) is 1.68. The number of rotatable bonds is 7. The average molecular weight is 459 g/mol. The van der Waals surface area contributed by atoms with Gasteiger partial charge in [-0.25, -0.2) is 8.42 Å². The van der Waals surface area contributed by atoms with Crippen LogP contribution in [-0.4, -0.2) is 71.2 Å². The van der Waals surface area contributed by atoms with E-state index in [-0.39, 0.29) is 35.1 Å². The molecule has 1 aliphatic heterocycles. The van der Waals surface area contributed by atoms with Gasteiger partial charge in [0, 0.05) is 50.9 Å². The molecule has 2 rings (SSSR count). The van der Waals surface area contributed by atoms with Crippen molar-refractivity contribution in [2.45, 2.75) is 26.2 Å². The molecule has 1 heterocycles. The number of hydrogen-bond acceptors (Lipinski definition) is 4. The molecule has 0 aromatic heterocycles. The molecule has 1 aliphatic carbocycles. The van der Waals surface area contributed by atoms with Gasteiger partial charge in [0.25, 0.3) is 0 Å². The van der Waals surface area contributed by atoms with E-state index in [1.165, 1.54) is 6.26 Å². The van der Waals surface area contributed by atoms with Gasteiger partial charge in [0.2, 0.25) is 0 Å². The second-order valence-electron chi connectivity index (χ2n) is 6.85. The Hall–Kier alpha value is -0.0900. The first kappa shape index (κ1) is 21.0. The Morgan fingerprint density at radius 3 is 2.61 bits per heavy atom. The van der Waals surface area contributed by atoms with Gasteiger partial charge in [-0.15, -0.1) is 24.0 Å². The van der Waals surface area contributed by atoms with Gasteiger partial charge in [-0.05, 0) is 26.2 Å². The van der Waals surface area contributed by atoms with E-state index in [0.29, 0.717) is 12.5 Å². The molecule has 1 unspecified atom stereocenters. The summed E-state index contributed by atoms with van der Waals surface area (Å²) in [7, 11) is -0.901. The van der Waals surface area contributed by atoms with Gasteiger partial charge >= 0.3 is 0 Å². The van der Waals surface area contributed by atoms with Crippen molar-refractivity contribution in [3.8, 4) is 0 Å². The third kappa shape index (κ3) is 7.13. The third-order valence-electron chi connectivity index (χ3n) is 4.34. The van der Waals surface area contributed by atoms with Gasteiger partial charge in [0.05, 0.1) is 12.4 Å². The van der Waals surface area contributed by atoms with Crippen LogP contribution < -0.4 is 5.32 Å². The number of aliphatic imine (C=N–C) groups is 1. The second kappa shape index (κ2) is 8.84. The summed E-state index contributed by atoms with van der Waals surface area (Å²) in [4.78, 5) is 6.84. The fourth-order valence-corrected chi connectivity index (χ4v) is 4.49. The SMILES string of the molecule is CCNC(=NCC1(CS(C)(=O)=O)CC1)N(C)CC1CCOC1.I. The molecule has 2 fully saturated rings. The zero-order valence-electron chi connectivity index (χ0n) is 14.4. The van der Waals surface area contributed by atoms with E-state index in [1.807, 2.05) is 14.0 Å². The van der Waals surface area contributed by atoms with Crippen LogP contribution >= 0.6 is 24.0 Å². The molecule has 0 radical (unpaired) electrons. The highest BCUT2D eigenvalue weighted by Gasteiger charge is 2.45. The van der Waals surface area contributed by atoms with E-state index in [0.717, 1.165) is 51.5 Å². The molecule has 1 saturated carbocycles. The van der Waals surface area contributed by atoms with E-state index in [9.17, 15) is 8.42 Å². The predicted molar refractivity (Wildman–Crippen MR) is 104 cm³/mol. The first-order chi connectivity index (χ1) is 10.3. The lowest BCUT2D eigenvalue weighted by molar-refractivity contribution is 0.181. The average Bonchev–Trinajstić information content (AvgIpc) is 2.96. The summed E-state index contributed by atoms with van der Waals surface area (Å²) in [6.07, 6.45) is 4.34. The van der Waals surface area contributed by atoms with Crippen LogP contribution in [0.25, 0.3) is 0 Å². The highest BCUT2D eigenvalue weighted by Crippen LogP contribution is 2.46. The molecule has 1 N–H and O–H groups in total. The van der Waals surface area contributed by atoms with Crippen molar-refractivity contribution >= 4 is 39.8 Å². The van der Waals surface area contributed by atoms with Gasteiger partial charge in [0.1, 0.15) is 9.84 Å². The molecule has 23 heavy (non-hydrogen) atoms. The fourth-order valence-electron chi connectivity index (χ4n) is 2.99. The monoisotopic (exact) mass is 459 g/mol. The number of nitrogens with zero attached hydrogens (tertiary/aromatic N) is 2. The number of sulfone groups is 1. The standard InChI is InChI=1S/C15H29N3O3S.HI/c1-4-16-14(18(2)9-13-5-8-21-10-13)17-11-15(6-7-15)12-22(3,19)20;/h13H,4-12H2,1-3H3,(H,16,17);1H. The summed E-state index contributed by atoms with van der Waals surface area (Å²) in [5, 5.41) is 3.31. The summed E-state index contributed by atoms with van der Waals surface area (Å²) in [5.41, 5.74) is -0.119. The minimum Gasteiger partial charge on any atom is -0.381 e. The van der Waals surface area contributed by atoms with E-state index in [4.69, 9.17) is 9.73 Å². The third-order valence-corrected chi connectivity index (χ3v) is 5.48. The summed E-state index contributed by atoms with van der Waals surface area (Å²) >= 11 is 0. The van der Waals surface area contributed by atoms with Gasteiger partial charge < -0.3 is 15.0 Å². The van der Waals surface area contributed by atoms with Crippen LogP contribution in [0, 0.1) is 11.3 Å². The molecule has 1 atom stereocenters. The van der Waals surface area contributed by atoms with E-state index in [2.05, 4.69) is 10.2 Å². The highest BCUT2D eigenvalue weighted by atomic mass is 127. The van der Waals surface area contributed by atoms with Crippen molar-refractivity contribution in [2.24, 2.45) is 16.3 Å². The first-order valence-corrected chi connectivity index (χ1v) is 10.1. The van der Waals surface area contributed by atoms with Gasteiger partial charge in [-0.2, -0.15) is 0 Å². The first-order valence-electron chi connectivity index (χ1n) is 8.08. The van der Waals surface area contributed by atoms with Crippen molar-refractivity contribution in [3.63, 3.8) is 0 Å². The van der Waals surface area contributed by atoms with Crippen LogP contribution in [0.15, 0.2) is 4.99 Å². The molecule has 1 saturated heterocycles. The van der Waals surface area contributed by atoms with E-state index < -0.39 is 9.84 Å². The molecule has 0 spiro atoms. The van der Waals surface area contributed by atoms with E-state index >= 15 is 0 Å². The number of ether oxygens (including phenoxy) is 1. The van der Waals surface area contributed by atoms with Crippen molar-refractivity contribution < 1.29 is 13.2 Å². The smallest absolute Gasteiger partial charge is 0.193 e. The van der Waals surface area contributed by atoms with E-state index in [1.54, 1.807) is 0 Å². The Kier molecular flexibility index (Phi) is 8.06. The fraction of sp³-hybridized carbons (Fsp3) is 0.933. The second-order valence-corrected chi connectivity index (χ2v) is 8.99. The van der Waals surface area contributed by atoms with Crippen molar-refractivity contribution in [3.05, 3.63) is 0 Å². The normalized spacial score (nSPS) is 23.3. The highest BCUT2D eigenvalue weighted by molar-refractivity contribution is 14.0. The largest absolute Gasteiger partial charge is 0.381 e. The molecule has 136 valence electrons. The van der Waals surface area contributed by atoms with Crippen LogP contribution in [0.5, 0.6) is 0 Å². The van der Waals surface area contributed by atoms with Crippen molar-refractivity contribution in [1.29, 1.82) is 0 Å². The Morgan fingerprint density at radius 2 is 2.13 bits per heavy atom. The predicted octanol–water partition coefficient (Wildman–Crippen LogP) is 1.36. The zero-order chi connectivity index (χ0) is 16.2. The number of halogens is 1. The summed E-state index contributed by atoms with van der Waals surface area (Å²) in [6.45, 7) is 6.04. The lowest BCUT2D eigenvalue weighted by atomic mass is 10.1. The van der Waals surface area contributed by atoms with Crippen LogP contribution in [0.2, 0.25) is 0 Å². The Balaban J connectivity index is 0.00000264. The molecule has 6 nitrogen and oxygen atoms in total. The van der Waals surface area contributed by atoms with Crippen molar-refractivity contribution in [2.75, 3.05) is 51.9 Å². The Bertz CT molecular complexity index is 500. The lowest BCUT2D eigenvalue weighted by Crippen LogP contribution is -2.42. The lowest BCUT2D eigenvalue weighted by Gasteiger charge is -2.25. The van der Waals surface area contributed by atoms with Crippen LogP contribution in [0.1, 0.15) is 26.2 Å². The van der Waals surface area contributed by atoms with Gasteiger partial charge in [0.15, 0.2) is 5.96 Å². The van der Waals surface area contributed by atoms with Crippen molar-refractivity contribution in [1.82, 2.24) is 10.2 Å². The molecule has 2 aliphatic rings. The summed E-state index contributed by atoms with van der Waals surface area (Å²) < 4.78 is 28.5. The number of nitrogens with one attached hydrogen (secondary N) is 1. The molecule has 0 amide bonds. The maximum Gasteiger partial charge on any atom is 0.193 e. The van der Waals surface area contributed by atoms with Crippen LogP contribution in [-0.2, 0) is 14.6 Å². The Morgan fingerprint density at radius 1 is 1.43 bits per heavy atom. The maximum atomic E-state index is 11.5.